The molecule has 0 aromatic heterocycles. The first-order valence-electron chi connectivity index (χ1n) is 2.19. The summed E-state index contributed by atoms with van der Waals surface area (Å²) in [6.07, 6.45) is 0.888. The second kappa shape index (κ2) is 2.48. The lowest BCUT2D eigenvalue weighted by molar-refractivity contribution is -0.106. The van der Waals surface area contributed by atoms with Crippen LogP contribution in [-0.4, -0.2) is 13.7 Å². The van der Waals surface area contributed by atoms with E-state index in [1.54, 1.807) is 0 Å². The molecule has 7 heavy (non-hydrogen) atoms. The molecule has 0 atom stereocenters. The topological polar surface area (TPSA) is 17.1 Å². The van der Waals surface area contributed by atoms with Gasteiger partial charge in [0.25, 0.3) is 0 Å². The Hall–Kier alpha value is 0.177. The van der Waals surface area contributed by atoms with Gasteiger partial charge in [-0.3, -0.25) is 0 Å². The van der Waals surface area contributed by atoms with Crippen LogP contribution in [0.1, 0.15) is 0 Å². The zero-order valence-corrected chi connectivity index (χ0v) is 6.33. The van der Waals surface area contributed by atoms with E-state index in [0.717, 1.165) is 6.29 Å². The minimum Gasteiger partial charge on any atom is -0.304 e. The lowest BCUT2D eigenvalue weighted by Crippen LogP contribution is -2.15. The summed E-state index contributed by atoms with van der Waals surface area (Å²) in [5, 5.41) is 0. The maximum atomic E-state index is 9.77. The Bertz CT molecular complexity index is 66.6. The van der Waals surface area contributed by atoms with Crippen LogP contribution in [0.2, 0.25) is 19.1 Å². The summed E-state index contributed by atoms with van der Waals surface area (Å²) >= 11 is 5.74. The Labute approximate surface area is 49.4 Å². The maximum absolute atomic E-state index is 9.77. The van der Waals surface area contributed by atoms with Gasteiger partial charge in [0.15, 0.2) is 7.38 Å². The van der Waals surface area contributed by atoms with Gasteiger partial charge < -0.3 is 4.79 Å². The molecule has 0 radical (unpaired) electrons. The van der Waals surface area contributed by atoms with Gasteiger partial charge >= 0.3 is 0 Å². The molecule has 0 aliphatic heterocycles. The fourth-order valence-electron chi connectivity index (χ4n) is 0.198. The van der Waals surface area contributed by atoms with Gasteiger partial charge in [0, 0.05) is 6.04 Å². The van der Waals surface area contributed by atoms with Crippen molar-refractivity contribution in [3.63, 3.8) is 0 Å². The second-order valence-electron chi connectivity index (χ2n) is 2.09. The number of hydrogen-bond acceptors (Lipinski definition) is 1. The van der Waals surface area contributed by atoms with Crippen molar-refractivity contribution in [2.45, 2.75) is 19.1 Å². The molecular formula is C4H9ClOSi. The van der Waals surface area contributed by atoms with E-state index in [4.69, 9.17) is 11.1 Å². The predicted molar refractivity (Wildman–Crippen MR) is 34.2 cm³/mol. The third kappa shape index (κ3) is 6.18. The van der Waals surface area contributed by atoms with E-state index in [1.165, 1.54) is 0 Å². The lowest BCUT2D eigenvalue weighted by Gasteiger charge is -2.04. The van der Waals surface area contributed by atoms with Gasteiger partial charge in [0.05, 0.1) is 0 Å². The Morgan fingerprint density at radius 1 is 1.71 bits per heavy atom. The minimum atomic E-state index is -1.55. The van der Waals surface area contributed by atoms with Crippen molar-refractivity contribution >= 4 is 24.7 Å². The molecular weight excluding hydrogens is 128 g/mol. The molecule has 1 nitrogen and oxygen atoms in total. The fraction of sp³-hybridized carbons (Fsp3) is 0.750. The first kappa shape index (κ1) is 7.18. The number of carbonyl (C=O) groups is 1. The van der Waals surface area contributed by atoms with Gasteiger partial charge in [-0.15, -0.1) is 0 Å². The average molecular weight is 137 g/mol. The van der Waals surface area contributed by atoms with Crippen LogP contribution in [0.3, 0.4) is 0 Å². The van der Waals surface area contributed by atoms with Crippen LogP contribution >= 0.6 is 11.1 Å². The molecule has 0 N–H and O–H groups in total. The van der Waals surface area contributed by atoms with Crippen LogP contribution < -0.4 is 0 Å². The number of halogens is 1. The highest BCUT2D eigenvalue weighted by molar-refractivity contribution is 7.19. The predicted octanol–water partition coefficient (Wildman–Crippen LogP) is 1.63. The molecule has 0 unspecified atom stereocenters. The summed E-state index contributed by atoms with van der Waals surface area (Å²) < 4.78 is 0. The van der Waals surface area contributed by atoms with Gasteiger partial charge in [0.2, 0.25) is 0 Å². The Morgan fingerprint density at radius 3 is 2.14 bits per heavy atom. The monoisotopic (exact) mass is 136 g/mol. The zero-order valence-electron chi connectivity index (χ0n) is 4.57. The summed E-state index contributed by atoms with van der Waals surface area (Å²) in [6.45, 7) is 3.89. The van der Waals surface area contributed by atoms with E-state index in [0.29, 0.717) is 6.04 Å². The summed E-state index contributed by atoms with van der Waals surface area (Å²) in [7, 11) is -1.55. The second-order valence-corrected chi connectivity index (χ2v) is 9.00. The van der Waals surface area contributed by atoms with Crippen molar-refractivity contribution in [3.05, 3.63) is 0 Å². The van der Waals surface area contributed by atoms with E-state index < -0.39 is 7.38 Å². The van der Waals surface area contributed by atoms with Crippen LogP contribution in [0.4, 0.5) is 0 Å². The molecule has 0 fully saturated rings. The Morgan fingerprint density at radius 2 is 2.14 bits per heavy atom. The minimum absolute atomic E-state index is 0.564. The van der Waals surface area contributed by atoms with Gasteiger partial charge in [-0.25, -0.2) is 0 Å². The fourth-order valence-corrected chi connectivity index (χ4v) is 0.783. The van der Waals surface area contributed by atoms with Crippen molar-refractivity contribution in [2.75, 3.05) is 0 Å². The largest absolute Gasteiger partial charge is 0.304 e. The van der Waals surface area contributed by atoms with Crippen molar-refractivity contribution in [1.29, 1.82) is 0 Å². The molecule has 0 rings (SSSR count). The van der Waals surface area contributed by atoms with Crippen molar-refractivity contribution in [3.8, 4) is 0 Å². The highest BCUT2D eigenvalue weighted by Crippen LogP contribution is 2.10. The van der Waals surface area contributed by atoms with Gasteiger partial charge in [0.1, 0.15) is 6.29 Å². The van der Waals surface area contributed by atoms with Crippen LogP contribution in [-0.2, 0) is 4.79 Å². The maximum Gasteiger partial charge on any atom is 0.157 e. The number of aldehydes is 1. The Balaban J connectivity index is 3.34. The number of hydrogen-bond donors (Lipinski definition) is 0. The van der Waals surface area contributed by atoms with E-state index in [9.17, 15) is 4.79 Å². The summed E-state index contributed by atoms with van der Waals surface area (Å²) in [5.74, 6) is 0. The van der Waals surface area contributed by atoms with E-state index in [-0.39, 0.29) is 0 Å². The standard InChI is InChI=1S/C4H9ClOSi/c1-7(2,5)4-3-6/h3H,4H2,1-2H3. The van der Waals surface area contributed by atoms with E-state index in [2.05, 4.69) is 0 Å². The van der Waals surface area contributed by atoms with Crippen molar-refractivity contribution in [2.24, 2.45) is 0 Å². The first-order chi connectivity index (χ1) is 3.06. The molecule has 0 aromatic rings. The molecule has 0 saturated carbocycles. The first-order valence-corrected chi connectivity index (χ1v) is 6.41. The third-order valence-corrected chi connectivity index (χ3v) is 2.17. The highest BCUT2D eigenvalue weighted by atomic mass is 35.6. The van der Waals surface area contributed by atoms with Crippen molar-refractivity contribution in [1.82, 2.24) is 0 Å². The Kier molecular flexibility index (Phi) is 2.54. The SMILES string of the molecule is C[Si](C)(Cl)CC=O. The lowest BCUT2D eigenvalue weighted by atomic mass is 10.9. The van der Waals surface area contributed by atoms with Crippen molar-refractivity contribution < 1.29 is 4.79 Å². The third-order valence-electron chi connectivity index (χ3n) is 0.569. The summed E-state index contributed by atoms with van der Waals surface area (Å²) in [5.41, 5.74) is 0. The van der Waals surface area contributed by atoms with E-state index in [1.807, 2.05) is 13.1 Å². The molecule has 42 valence electrons. The molecule has 0 amide bonds. The molecule has 0 aliphatic rings. The van der Waals surface area contributed by atoms with Gasteiger partial charge in [-0.05, 0) is 0 Å². The molecule has 0 heterocycles. The summed E-state index contributed by atoms with van der Waals surface area (Å²) in [4.78, 5) is 9.77. The quantitative estimate of drug-likeness (QED) is 0.321. The van der Waals surface area contributed by atoms with Crippen LogP contribution in [0, 0.1) is 0 Å². The van der Waals surface area contributed by atoms with Crippen LogP contribution in [0.5, 0.6) is 0 Å². The van der Waals surface area contributed by atoms with Gasteiger partial charge in [-0.1, -0.05) is 13.1 Å². The number of carbonyl (C=O) groups excluding carboxylic acids is 1. The normalized spacial score (nSPS) is 11.3. The molecule has 0 spiro atoms. The number of rotatable bonds is 2. The van der Waals surface area contributed by atoms with Crippen LogP contribution in [0.15, 0.2) is 0 Å². The summed E-state index contributed by atoms with van der Waals surface area (Å²) in [6, 6.07) is 0.564. The molecule has 0 aromatic carbocycles. The van der Waals surface area contributed by atoms with Crippen LogP contribution in [0.25, 0.3) is 0 Å². The smallest absolute Gasteiger partial charge is 0.157 e. The molecule has 0 saturated heterocycles. The molecule has 0 aliphatic carbocycles. The molecule has 0 bridgehead atoms. The van der Waals surface area contributed by atoms with Gasteiger partial charge in [-0.2, -0.15) is 11.1 Å². The zero-order chi connectivity index (χ0) is 5.91. The average Bonchev–Trinajstić information content (AvgIpc) is 1.30. The van der Waals surface area contributed by atoms with E-state index >= 15 is 0 Å². The highest BCUT2D eigenvalue weighted by Gasteiger charge is 2.14. The molecule has 3 heteroatoms.